The minimum Gasteiger partial charge on any atom is -0.370 e. The van der Waals surface area contributed by atoms with Crippen LogP contribution in [0, 0.1) is 12.8 Å². The summed E-state index contributed by atoms with van der Waals surface area (Å²) in [6.45, 7) is 6.21. The lowest BCUT2D eigenvalue weighted by molar-refractivity contribution is -0.0647. The number of halogens is 1. The van der Waals surface area contributed by atoms with Crippen molar-refractivity contribution in [2.45, 2.75) is 57.4 Å². The number of rotatable bonds is 3. The van der Waals surface area contributed by atoms with Crippen LogP contribution >= 0.6 is 11.6 Å². The van der Waals surface area contributed by atoms with Crippen LogP contribution in [0.15, 0.2) is 6.20 Å². The molecule has 1 aliphatic carbocycles. The molecule has 0 spiro atoms. The number of methoxy groups -OCH3 is 1. The van der Waals surface area contributed by atoms with E-state index in [1.54, 1.807) is 7.11 Å². The van der Waals surface area contributed by atoms with Crippen molar-refractivity contribution in [3.05, 3.63) is 23.3 Å². The zero-order chi connectivity index (χ0) is 14.0. The molecule has 3 nitrogen and oxygen atoms in total. The van der Waals surface area contributed by atoms with Gasteiger partial charge in [-0.1, -0.05) is 13.3 Å². The van der Waals surface area contributed by atoms with Gasteiger partial charge in [0, 0.05) is 24.6 Å². The summed E-state index contributed by atoms with van der Waals surface area (Å²) in [6.07, 6.45) is 6.29. The molecule has 0 bridgehead atoms. The van der Waals surface area contributed by atoms with E-state index >= 15 is 0 Å². The van der Waals surface area contributed by atoms with Gasteiger partial charge in [-0.3, -0.25) is 0 Å². The summed E-state index contributed by atoms with van der Waals surface area (Å²) in [5, 5.41) is -0.0576. The van der Waals surface area contributed by atoms with Crippen LogP contribution < -0.4 is 0 Å². The van der Waals surface area contributed by atoms with E-state index in [-0.39, 0.29) is 11.0 Å². The topological polar surface area (TPSA) is 35.0 Å². The first-order chi connectivity index (χ1) is 8.98. The van der Waals surface area contributed by atoms with Crippen LogP contribution in [0.2, 0.25) is 0 Å². The molecule has 1 heterocycles. The molecular formula is C15H23ClN2O. The largest absolute Gasteiger partial charge is 0.370 e. The van der Waals surface area contributed by atoms with E-state index in [4.69, 9.17) is 16.3 Å². The van der Waals surface area contributed by atoms with Crippen LogP contribution in [0.4, 0.5) is 0 Å². The van der Waals surface area contributed by atoms with Crippen molar-refractivity contribution in [3.8, 4) is 0 Å². The Hall–Kier alpha value is -0.670. The molecule has 106 valence electrons. The number of nitrogens with zero attached hydrogens (tertiary/aromatic N) is 2. The summed E-state index contributed by atoms with van der Waals surface area (Å²) in [4.78, 5) is 9.22. The van der Waals surface area contributed by atoms with Crippen molar-refractivity contribution < 1.29 is 4.74 Å². The lowest BCUT2D eigenvalue weighted by Gasteiger charge is -2.37. The second kappa shape index (κ2) is 5.76. The van der Waals surface area contributed by atoms with Crippen molar-refractivity contribution in [1.82, 2.24) is 9.97 Å². The monoisotopic (exact) mass is 282 g/mol. The Morgan fingerprint density at radius 3 is 2.79 bits per heavy atom. The van der Waals surface area contributed by atoms with Gasteiger partial charge in [-0.15, -0.1) is 11.6 Å². The molecule has 4 heteroatoms. The average Bonchev–Trinajstić information content (AvgIpc) is 2.38. The number of hydrogen-bond acceptors (Lipinski definition) is 3. The van der Waals surface area contributed by atoms with E-state index in [1.807, 2.05) is 20.0 Å². The average molecular weight is 283 g/mol. The number of aromatic nitrogens is 2. The summed E-state index contributed by atoms with van der Waals surface area (Å²) in [5.74, 6) is 1.48. The van der Waals surface area contributed by atoms with Crippen molar-refractivity contribution in [2.75, 3.05) is 7.11 Å². The van der Waals surface area contributed by atoms with Gasteiger partial charge in [0.1, 0.15) is 5.60 Å². The zero-order valence-corrected chi connectivity index (χ0v) is 13.0. The van der Waals surface area contributed by atoms with E-state index in [0.717, 1.165) is 29.9 Å². The van der Waals surface area contributed by atoms with Crippen molar-refractivity contribution in [3.63, 3.8) is 0 Å². The molecule has 0 aliphatic heterocycles. The SMILES string of the molecule is COC1(c2ncc(C(C)Cl)c(C)n2)CCCC(C)C1. The first kappa shape index (κ1) is 14.7. The molecule has 0 N–H and O–H groups in total. The fourth-order valence-corrected chi connectivity index (χ4v) is 3.28. The van der Waals surface area contributed by atoms with Crippen LogP contribution in [0.1, 0.15) is 62.0 Å². The Labute approximate surface area is 120 Å². The molecule has 3 unspecified atom stereocenters. The minimum atomic E-state index is -0.309. The van der Waals surface area contributed by atoms with Gasteiger partial charge < -0.3 is 4.74 Å². The number of alkyl halides is 1. The van der Waals surface area contributed by atoms with Crippen LogP contribution in [0.5, 0.6) is 0 Å². The Morgan fingerprint density at radius 1 is 1.53 bits per heavy atom. The highest BCUT2D eigenvalue weighted by molar-refractivity contribution is 6.20. The highest BCUT2D eigenvalue weighted by Crippen LogP contribution is 2.41. The zero-order valence-electron chi connectivity index (χ0n) is 12.2. The first-order valence-electron chi connectivity index (χ1n) is 7.02. The van der Waals surface area contributed by atoms with Crippen LogP contribution in [-0.4, -0.2) is 17.1 Å². The number of aryl methyl sites for hydroxylation is 1. The smallest absolute Gasteiger partial charge is 0.160 e. The Balaban J connectivity index is 2.36. The molecule has 1 fully saturated rings. The molecule has 1 aromatic rings. The fraction of sp³-hybridized carbons (Fsp3) is 0.733. The van der Waals surface area contributed by atoms with Gasteiger partial charge in [0.2, 0.25) is 0 Å². The van der Waals surface area contributed by atoms with Crippen molar-refractivity contribution in [2.24, 2.45) is 5.92 Å². The van der Waals surface area contributed by atoms with E-state index in [2.05, 4.69) is 16.9 Å². The van der Waals surface area contributed by atoms with E-state index in [0.29, 0.717) is 5.92 Å². The van der Waals surface area contributed by atoms with Crippen LogP contribution in [0.3, 0.4) is 0 Å². The van der Waals surface area contributed by atoms with Gasteiger partial charge in [-0.2, -0.15) is 0 Å². The Bertz CT molecular complexity index is 450. The lowest BCUT2D eigenvalue weighted by Crippen LogP contribution is -2.36. The van der Waals surface area contributed by atoms with Gasteiger partial charge in [-0.25, -0.2) is 9.97 Å². The molecule has 0 aromatic carbocycles. The maximum Gasteiger partial charge on any atom is 0.160 e. The highest BCUT2D eigenvalue weighted by Gasteiger charge is 2.39. The Morgan fingerprint density at radius 2 is 2.26 bits per heavy atom. The normalized spacial score (nSPS) is 29.2. The second-order valence-electron chi connectivity index (χ2n) is 5.75. The molecule has 1 aliphatic rings. The summed E-state index contributed by atoms with van der Waals surface area (Å²) in [6, 6.07) is 0. The third-order valence-electron chi connectivity index (χ3n) is 4.20. The van der Waals surface area contributed by atoms with Gasteiger partial charge in [0.25, 0.3) is 0 Å². The first-order valence-corrected chi connectivity index (χ1v) is 7.45. The molecule has 0 amide bonds. The van der Waals surface area contributed by atoms with Crippen LogP contribution in [-0.2, 0) is 10.3 Å². The third kappa shape index (κ3) is 2.92. The van der Waals surface area contributed by atoms with Gasteiger partial charge in [-0.05, 0) is 39.0 Å². The minimum absolute atomic E-state index is 0.0576. The molecule has 3 atom stereocenters. The third-order valence-corrected chi connectivity index (χ3v) is 4.43. The summed E-state index contributed by atoms with van der Waals surface area (Å²) in [7, 11) is 1.77. The fourth-order valence-electron chi connectivity index (χ4n) is 3.07. The summed E-state index contributed by atoms with van der Waals surface area (Å²) in [5.41, 5.74) is 1.65. The van der Waals surface area contributed by atoms with Crippen LogP contribution in [0.25, 0.3) is 0 Å². The highest BCUT2D eigenvalue weighted by atomic mass is 35.5. The molecule has 2 rings (SSSR count). The lowest BCUT2D eigenvalue weighted by atomic mass is 9.78. The summed E-state index contributed by atoms with van der Waals surface area (Å²) >= 11 is 6.13. The number of hydrogen-bond donors (Lipinski definition) is 0. The van der Waals surface area contributed by atoms with Gasteiger partial charge >= 0.3 is 0 Å². The molecule has 1 saturated carbocycles. The number of ether oxygens (including phenoxy) is 1. The summed E-state index contributed by atoms with van der Waals surface area (Å²) < 4.78 is 5.83. The van der Waals surface area contributed by atoms with E-state index < -0.39 is 0 Å². The quantitative estimate of drug-likeness (QED) is 0.782. The molecule has 0 saturated heterocycles. The molecule has 1 aromatic heterocycles. The van der Waals surface area contributed by atoms with Crippen molar-refractivity contribution in [1.29, 1.82) is 0 Å². The maximum absolute atomic E-state index is 6.13. The standard InChI is InChI=1S/C15H23ClN2O/c1-10-6-5-7-15(8-10,19-4)14-17-9-13(11(2)16)12(3)18-14/h9-11H,5-8H2,1-4H3. The molecule has 0 radical (unpaired) electrons. The van der Waals surface area contributed by atoms with Gasteiger partial charge in [0.05, 0.1) is 5.38 Å². The van der Waals surface area contributed by atoms with Gasteiger partial charge in [0.15, 0.2) is 5.82 Å². The predicted molar refractivity (Wildman–Crippen MR) is 77.4 cm³/mol. The van der Waals surface area contributed by atoms with E-state index in [1.165, 1.54) is 12.8 Å². The molecular weight excluding hydrogens is 260 g/mol. The predicted octanol–water partition coefficient (Wildman–Crippen LogP) is 4.14. The Kier molecular flexibility index (Phi) is 4.46. The van der Waals surface area contributed by atoms with E-state index in [9.17, 15) is 0 Å². The molecule has 19 heavy (non-hydrogen) atoms. The maximum atomic E-state index is 6.13. The second-order valence-corrected chi connectivity index (χ2v) is 6.40. The van der Waals surface area contributed by atoms with Crippen molar-refractivity contribution >= 4 is 11.6 Å².